The van der Waals surface area contributed by atoms with Crippen molar-refractivity contribution < 1.29 is 8.78 Å². The molecule has 1 heterocycles. The van der Waals surface area contributed by atoms with E-state index in [9.17, 15) is 8.78 Å². The van der Waals surface area contributed by atoms with E-state index in [1.54, 1.807) is 12.5 Å². The summed E-state index contributed by atoms with van der Waals surface area (Å²) in [6.07, 6.45) is 3.41. The van der Waals surface area contributed by atoms with Gasteiger partial charge in [-0.3, -0.25) is 0 Å². The SMILES string of the molecule is CCn1cncc1CNc1cc(F)ccc1F. The molecular weight excluding hydrogens is 224 g/mol. The average molecular weight is 237 g/mol. The van der Waals surface area contributed by atoms with E-state index in [-0.39, 0.29) is 5.69 Å². The van der Waals surface area contributed by atoms with Crippen molar-refractivity contribution in [2.24, 2.45) is 0 Å². The summed E-state index contributed by atoms with van der Waals surface area (Å²) in [6.45, 7) is 3.20. The average Bonchev–Trinajstić information content (AvgIpc) is 2.77. The zero-order valence-electron chi connectivity index (χ0n) is 9.45. The second-order valence-corrected chi connectivity index (χ2v) is 3.65. The van der Waals surface area contributed by atoms with Crippen molar-refractivity contribution in [2.45, 2.75) is 20.0 Å². The van der Waals surface area contributed by atoms with E-state index in [1.807, 2.05) is 11.5 Å². The van der Waals surface area contributed by atoms with Crippen LogP contribution in [0.4, 0.5) is 14.5 Å². The predicted molar refractivity (Wildman–Crippen MR) is 61.6 cm³/mol. The Hall–Kier alpha value is -1.91. The van der Waals surface area contributed by atoms with Crippen LogP contribution >= 0.6 is 0 Å². The summed E-state index contributed by atoms with van der Waals surface area (Å²) < 4.78 is 28.2. The number of hydrogen-bond acceptors (Lipinski definition) is 2. The lowest BCUT2D eigenvalue weighted by Gasteiger charge is -2.09. The molecule has 1 aromatic heterocycles. The van der Waals surface area contributed by atoms with Crippen LogP contribution in [-0.2, 0) is 13.1 Å². The molecule has 0 unspecified atom stereocenters. The van der Waals surface area contributed by atoms with Crippen molar-refractivity contribution in [1.29, 1.82) is 0 Å². The predicted octanol–water partition coefficient (Wildman–Crippen LogP) is 2.79. The first-order chi connectivity index (χ1) is 8.20. The molecule has 5 heteroatoms. The Kier molecular flexibility index (Phi) is 3.37. The Morgan fingerprint density at radius 3 is 2.94 bits per heavy atom. The van der Waals surface area contributed by atoms with Crippen molar-refractivity contribution in [3.8, 4) is 0 Å². The van der Waals surface area contributed by atoms with E-state index < -0.39 is 11.6 Å². The second kappa shape index (κ2) is 4.95. The summed E-state index contributed by atoms with van der Waals surface area (Å²) in [7, 11) is 0. The van der Waals surface area contributed by atoms with Crippen LogP contribution in [0.15, 0.2) is 30.7 Å². The van der Waals surface area contributed by atoms with Crippen LogP contribution in [0.25, 0.3) is 0 Å². The zero-order valence-corrected chi connectivity index (χ0v) is 9.45. The maximum absolute atomic E-state index is 13.3. The first-order valence-electron chi connectivity index (χ1n) is 5.38. The third-order valence-corrected chi connectivity index (χ3v) is 2.53. The third kappa shape index (κ3) is 2.61. The van der Waals surface area contributed by atoms with Gasteiger partial charge in [0.25, 0.3) is 0 Å². The first-order valence-corrected chi connectivity index (χ1v) is 5.38. The van der Waals surface area contributed by atoms with Gasteiger partial charge < -0.3 is 9.88 Å². The van der Waals surface area contributed by atoms with Crippen molar-refractivity contribution in [3.05, 3.63) is 48.1 Å². The van der Waals surface area contributed by atoms with Crippen LogP contribution in [0.3, 0.4) is 0 Å². The van der Waals surface area contributed by atoms with Gasteiger partial charge >= 0.3 is 0 Å². The highest BCUT2D eigenvalue weighted by atomic mass is 19.1. The number of nitrogens with zero attached hydrogens (tertiary/aromatic N) is 2. The molecule has 0 bridgehead atoms. The lowest BCUT2D eigenvalue weighted by Crippen LogP contribution is -2.07. The molecule has 1 aromatic carbocycles. The molecule has 17 heavy (non-hydrogen) atoms. The Labute approximate surface area is 98.1 Å². The van der Waals surface area contributed by atoms with Gasteiger partial charge in [-0.15, -0.1) is 0 Å². The molecule has 0 atom stereocenters. The van der Waals surface area contributed by atoms with Gasteiger partial charge in [-0.1, -0.05) is 0 Å². The highest BCUT2D eigenvalue weighted by molar-refractivity contribution is 5.45. The molecule has 0 fully saturated rings. The van der Waals surface area contributed by atoms with Crippen LogP contribution in [0.5, 0.6) is 0 Å². The maximum atomic E-state index is 13.3. The van der Waals surface area contributed by atoms with Crippen molar-refractivity contribution >= 4 is 5.69 Å². The molecule has 2 rings (SSSR count). The molecule has 0 aliphatic carbocycles. The van der Waals surface area contributed by atoms with E-state index in [0.29, 0.717) is 6.54 Å². The lowest BCUT2D eigenvalue weighted by atomic mass is 10.3. The number of rotatable bonds is 4. The molecule has 0 radical (unpaired) electrons. The number of aromatic nitrogens is 2. The summed E-state index contributed by atoms with van der Waals surface area (Å²) in [6, 6.07) is 3.34. The number of halogens is 2. The molecular formula is C12H13F2N3. The molecule has 0 aliphatic heterocycles. The standard InChI is InChI=1S/C12H13F2N3/c1-2-17-8-15-6-10(17)7-16-12-5-9(13)3-4-11(12)14/h3-6,8,16H,2,7H2,1H3. The number of imidazole rings is 1. The maximum Gasteiger partial charge on any atom is 0.146 e. The monoisotopic (exact) mass is 237 g/mol. The van der Waals surface area contributed by atoms with Crippen LogP contribution < -0.4 is 5.32 Å². The Bertz CT molecular complexity index is 508. The minimum Gasteiger partial charge on any atom is -0.377 e. The zero-order chi connectivity index (χ0) is 12.3. The molecule has 0 saturated heterocycles. The fraction of sp³-hybridized carbons (Fsp3) is 0.250. The highest BCUT2D eigenvalue weighted by Crippen LogP contribution is 2.16. The van der Waals surface area contributed by atoms with Crippen molar-refractivity contribution in [1.82, 2.24) is 9.55 Å². The van der Waals surface area contributed by atoms with Crippen LogP contribution in [0.1, 0.15) is 12.6 Å². The summed E-state index contributed by atoms with van der Waals surface area (Å²) >= 11 is 0. The number of benzene rings is 1. The van der Waals surface area contributed by atoms with Gasteiger partial charge in [-0.05, 0) is 25.1 Å². The van der Waals surface area contributed by atoms with Gasteiger partial charge in [0.15, 0.2) is 0 Å². The van der Waals surface area contributed by atoms with Gasteiger partial charge in [0.1, 0.15) is 11.6 Å². The summed E-state index contributed by atoms with van der Waals surface area (Å²) in [5.41, 5.74) is 1.09. The molecule has 3 nitrogen and oxygen atoms in total. The number of aryl methyl sites for hydroxylation is 1. The topological polar surface area (TPSA) is 29.9 Å². The first kappa shape index (κ1) is 11.6. The summed E-state index contributed by atoms with van der Waals surface area (Å²) in [5, 5.41) is 2.86. The van der Waals surface area contributed by atoms with Crippen molar-refractivity contribution in [3.63, 3.8) is 0 Å². The second-order valence-electron chi connectivity index (χ2n) is 3.65. The van der Waals surface area contributed by atoms with Gasteiger partial charge in [0, 0.05) is 12.7 Å². The third-order valence-electron chi connectivity index (χ3n) is 2.53. The van der Waals surface area contributed by atoms with E-state index in [2.05, 4.69) is 10.3 Å². The molecule has 0 aliphatic rings. The Balaban J connectivity index is 2.09. The molecule has 0 saturated carbocycles. The van der Waals surface area contributed by atoms with Crippen LogP contribution in [0, 0.1) is 11.6 Å². The van der Waals surface area contributed by atoms with E-state index in [4.69, 9.17) is 0 Å². The van der Waals surface area contributed by atoms with Crippen molar-refractivity contribution in [2.75, 3.05) is 5.32 Å². The normalized spacial score (nSPS) is 10.5. The molecule has 0 amide bonds. The van der Waals surface area contributed by atoms with Gasteiger partial charge in [0.2, 0.25) is 0 Å². The lowest BCUT2D eigenvalue weighted by molar-refractivity contribution is 0.601. The fourth-order valence-corrected chi connectivity index (χ4v) is 1.60. The molecule has 2 aromatic rings. The van der Waals surface area contributed by atoms with E-state index in [1.165, 1.54) is 0 Å². The van der Waals surface area contributed by atoms with Gasteiger partial charge in [-0.25, -0.2) is 13.8 Å². The summed E-state index contributed by atoms with van der Waals surface area (Å²) in [4.78, 5) is 4.00. The van der Waals surface area contributed by atoms with E-state index >= 15 is 0 Å². The summed E-state index contributed by atoms with van der Waals surface area (Å²) in [5.74, 6) is -0.924. The number of hydrogen-bond donors (Lipinski definition) is 1. The smallest absolute Gasteiger partial charge is 0.146 e. The fourth-order valence-electron chi connectivity index (χ4n) is 1.60. The van der Waals surface area contributed by atoms with Gasteiger partial charge in [0.05, 0.1) is 24.3 Å². The minimum atomic E-state index is -0.464. The highest BCUT2D eigenvalue weighted by Gasteiger charge is 2.05. The Morgan fingerprint density at radius 1 is 1.35 bits per heavy atom. The molecule has 90 valence electrons. The molecule has 1 N–H and O–H groups in total. The molecule has 0 spiro atoms. The van der Waals surface area contributed by atoms with Crippen LogP contribution in [0.2, 0.25) is 0 Å². The van der Waals surface area contributed by atoms with E-state index in [0.717, 1.165) is 30.4 Å². The Morgan fingerprint density at radius 2 is 2.18 bits per heavy atom. The number of nitrogens with one attached hydrogen (secondary N) is 1. The number of anilines is 1. The largest absolute Gasteiger partial charge is 0.377 e. The van der Waals surface area contributed by atoms with Crippen LogP contribution in [-0.4, -0.2) is 9.55 Å². The van der Waals surface area contributed by atoms with Gasteiger partial charge in [-0.2, -0.15) is 0 Å². The quantitative estimate of drug-likeness (QED) is 0.886. The minimum absolute atomic E-state index is 0.161.